The second-order valence-corrected chi connectivity index (χ2v) is 6.09. The van der Waals surface area contributed by atoms with Crippen molar-refractivity contribution in [3.63, 3.8) is 0 Å². The maximum Gasteiger partial charge on any atom is 0.0508 e. The number of hydrogen-bond donors (Lipinski definition) is 1. The van der Waals surface area contributed by atoms with Gasteiger partial charge in [0.1, 0.15) is 0 Å². The summed E-state index contributed by atoms with van der Waals surface area (Å²) in [4.78, 5) is 2.29. The van der Waals surface area contributed by atoms with E-state index < -0.39 is 0 Å². The van der Waals surface area contributed by atoms with Crippen LogP contribution in [0.2, 0.25) is 0 Å². The second-order valence-electron chi connectivity index (χ2n) is 5.23. The number of benzene rings is 1. The number of nitrogens with zero attached hydrogens (tertiary/aromatic N) is 1. The van der Waals surface area contributed by atoms with Gasteiger partial charge in [-0.2, -0.15) is 0 Å². The van der Waals surface area contributed by atoms with Crippen LogP contribution >= 0.6 is 15.9 Å². The van der Waals surface area contributed by atoms with Crippen LogP contribution in [0.3, 0.4) is 0 Å². The molecule has 0 radical (unpaired) electrons. The zero-order valence-corrected chi connectivity index (χ0v) is 13.5. The van der Waals surface area contributed by atoms with Gasteiger partial charge in [-0.05, 0) is 52.5 Å². The first-order valence-electron chi connectivity index (χ1n) is 6.74. The van der Waals surface area contributed by atoms with Crippen LogP contribution in [-0.2, 0) is 6.54 Å². The lowest BCUT2D eigenvalue weighted by Crippen LogP contribution is -2.20. The van der Waals surface area contributed by atoms with E-state index in [9.17, 15) is 0 Å². The van der Waals surface area contributed by atoms with Gasteiger partial charge in [-0.1, -0.05) is 26.8 Å². The van der Waals surface area contributed by atoms with Crippen LogP contribution in [0.4, 0.5) is 5.69 Å². The molecule has 0 fully saturated rings. The Balaban J connectivity index is 2.61. The Morgan fingerprint density at radius 2 is 2.06 bits per heavy atom. The van der Waals surface area contributed by atoms with E-state index in [-0.39, 0.29) is 0 Å². The van der Waals surface area contributed by atoms with E-state index in [2.05, 4.69) is 72.2 Å². The minimum atomic E-state index is 0.698. The number of halogens is 1. The Bertz CT molecular complexity index is 364. The topological polar surface area (TPSA) is 15.3 Å². The van der Waals surface area contributed by atoms with Gasteiger partial charge in [-0.25, -0.2) is 0 Å². The fraction of sp³-hybridized carbons (Fsp3) is 0.600. The Morgan fingerprint density at radius 3 is 2.61 bits per heavy atom. The molecule has 0 atom stereocenters. The molecule has 0 aliphatic heterocycles. The zero-order valence-electron chi connectivity index (χ0n) is 12.0. The molecule has 0 unspecified atom stereocenters. The molecule has 0 aliphatic carbocycles. The zero-order chi connectivity index (χ0) is 13.5. The van der Waals surface area contributed by atoms with Crippen LogP contribution in [0, 0.1) is 5.92 Å². The summed E-state index contributed by atoms with van der Waals surface area (Å²) in [5.41, 5.74) is 2.60. The molecule has 0 bridgehead atoms. The molecule has 0 amide bonds. The van der Waals surface area contributed by atoms with E-state index >= 15 is 0 Å². The summed E-state index contributed by atoms with van der Waals surface area (Å²) in [5, 5.41) is 3.47. The predicted octanol–water partition coefficient (Wildman–Crippen LogP) is 4.04. The highest BCUT2D eigenvalue weighted by Crippen LogP contribution is 2.26. The third kappa shape index (κ3) is 4.99. The maximum absolute atomic E-state index is 3.67. The quantitative estimate of drug-likeness (QED) is 0.817. The fourth-order valence-electron chi connectivity index (χ4n) is 1.93. The number of hydrogen-bond acceptors (Lipinski definition) is 2. The highest BCUT2D eigenvalue weighted by atomic mass is 79.9. The van der Waals surface area contributed by atoms with Gasteiger partial charge in [-0.3, -0.25) is 0 Å². The summed E-state index contributed by atoms with van der Waals surface area (Å²) in [6.45, 7) is 9.75. The molecule has 1 N–H and O–H groups in total. The Hall–Kier alpha value is -0.540. The summed E-state index contributed by atoms with van der Waals surface area (Å²) < 4.78 is 1.18. The standard InChI is InChI=1S/C15H25BrN2/c1-5-8-18(4)15-7-6-13(9-14(15)16)11-17-10-12(2)3/h6-7,9,12,17H,5,8,10-11H2,1-4H3. The largest absolute Gasteiger partial charge is 0.374 e. The van der Waals surface area contributed by atoms with Crippen LogP contribution in [0.1, 0.15) is 32.8 Å². The molecule has 0 aliphatic rings. The molecule has 0 saturated heterocycles. The Morgan fingerprint density at radius 1 is 1.33 bits per heavy atom. The third-order valence-electron chi connectivity index (χ3n) is 2.86. The van der Waals surface area contributed by atoms with Crippen LogP contribution in [0.5, 0.6) is 0 Å². The van der Waals surface area contributed by atoms with E-state index in [0.717, 1.165) is 19.6 Å². The molecule has 0 spiro atoms. The van der Waals surface area contributed by atoms with Gasteiger partial charge in [0.05, 0.1) is 5.69 Å². The molecule has 2 nitrogen and oxygen atoms in total. The molecule has 102 valence electrons. The lowest BCUT2D eigenvalue weighted by molar-refractivity contribution is 0.552. The average molecular weight is 313 g/mol. The highest BCUT2D eigenvalue weighted by Gasteiger charge is 2.05. The number of anilines is 1. The van der Waals surface area contributed by atoms with E-state index in [1.807, 2.05) is 0 Å². The summed E-state index contributed by atoms with van der Waals surface area (Å²) in [5.74, 6) is 0.698. The molecular weight excluding hydrogens is 288 g/mol. The summed E-state index contributed by atoms with van der Waals surface area (Å²) in [6.07, 6.45) is 1.17. The molecule has 18 heavy (non-hydrogen) atoms. The average Bonchev–Trinajstić information content (AvgIpc) is 2.28. The first kappa shape index (κ1) is 15.5. The van der Waals surface area contributed by atoms with Crippen molar-refractivity contribution < 1.29 is 0 Å². The van der Waals surface area contributed by atoms with Crippen molar-refractivity contribution in [3.8, 4) is 0 Å². The van der Waals surface area contributed by atoms with Crippen molar-refractivity contribution in [2.45, 2.75) is 33.7 Å². The molecule has 0 saturated carbocycles. The normalized spacial score (nSPS) is 11.0. The van der Waals surface area contributed by atoms with E-state index in [0.29, 0.717) is 5.92 Å². The Labute approximate surface area is 120 Å². The molecular formula is C15H25BrN2. The van der Waals surface area contributed by atoms with Gasteiger partial charge in [0.2, 0.25) is 0 Å². The molecule has 1 aromatic rings. The first-order valence-corrected chi connectivity index (χ1v) is 7.54. The van der Waals surface area contributed by atoms with Crippen LogP contribution < -0.4 is 10.2 Å². The third-order valence-corrected chi connectivity index (χ3v) is 3.50. The molecule has 3 heteroatoms. The van der Waals surface area contributed by atoms with Crippen molar-refractivity contribution in [1.29, 1.82) is 0 Å². The summed E-state index contributed by atoms with van der Waals surface area (Å²) in [7, 11) is 2.14. The summed E-state index contributed by atoms with van der Waals surface area (Å²) >= 11 is 3.67. The van der Waals surface area contributed by atoms with Crippen molar-refractivity contribution in [3.05, 3.63) is 28.2 Å². The summed E-state index contributed by atoms with van der Waals surface area (Å²) in [6, 6.07) is 6.63. The van der Waals surface area contributed by atoms with Gasteiger partial charge < -0.3 is 10.2 Å². The van der Waals surface area contributed by atoms with Crippen molar-refractivity contribution in [2.24, 2.45) is 5.92 Å². The molecule has 0 heterocycles. The van der Waals surface area contributed by atoms with E-state index in [4.69, 9.17) is 0 Å². The number of nitrogens with one attached hydrogen (secondary N) is 1. The van der Waals surface area contributed by atoms with Gasteiger partial charge >= 0.3 is 0 Å². The SMILES string of the molecule is CCCN(C)c1ccc(CNCC(C)C)cc1Br. The van der Waals surface area contributed by atoms with Gasteiger partial charge in [-0.15, -0.1) is 0 Å². The first-order chi connectivity index (χ1) is 8.54. The maximum atomic E-state index is 3.67. The molecule has 0 aromatic heterocycles. The lowest BCUT2D eigenvalue weighted by Gasteiger charge is -2.20. The second kappa shape index (κ2) is 7.80. The van der Waals surface area contributed by atoms with Crippen LogP contribution in [-0.4, -0.2) is 20.1 Å². The van der Waals surface area contributed by atoms with Gasteiger partial charge in [0, 0.05) is 24.6 Å². The number of rotatable bonds is 7. The van der Waals surface area contributed by atoms with Crippen LogP contribution in [0.25, 0.3) is 0 Å². The van der Waals surface area contributed by atoms with Crippen molar-refractivity contribution >= 4 is 21.6 Å². The van der Waals surface area contributed by atoms with E-state index in [1.54, 1.807) is 0 Å². The van der Waals surface area contributed by atoms with Crippen LogP contribution in [0.15, 0.2) is 22.7 Å². The monoisotopic (exact) mass is 312 g/mol. The predicted molar refractivity (Wildman–Crippen MR) is 84.2 cm³/mol. The van der Waals surface area contributed by atoms with E-state index in [1.165, 1.54) is 22.1 Å². The smallest absolute Gasteiger partial charge is 0.0508 e. The highest BCUT2D eigenvalue weighted by molar-refractivity contribution is 9.10. The minimum absolute atomic E-state index is 0.698. The molecule has 1 rings (SSSR count). The van der Waals surface area contributed by atoms with Crippen molar-refractivity contribution in [1.82, 2.24) is 5.32 Å². The Kier molecular flexibility index (Phi) is 6.72. The minimum Gasteiger partial charge on any atom is -0.374 e. The van der Waals surface area contributed by atoms with Gasteiger partial charge in [0.15, 0.2) is 0 Å². The van der Waals surface area contributed by atoms with Gasteiger partial charge in [0.25, 0.3) is 0 Å². The fourth-order valence-corrected chi connectivity index (χ4v) is 2.66. The van der Waals surface area contributed by atoms with Crippen molar-refractivity contribution in [2.75, 3.05) is 25.0 Å². The lowest BCUT2D eigenvalue weighted by atomic mass is 10.1. The molecule has 1 aromatic carbocycles.